The van der Waals surface area contributed by atoms with Crippen LogP contribution in [0.5, 0.6) is 0 Å². The van der Waals surface area contributed by atoms with Crippen molar-refractivity contribution in [3.05, 3.63) is 53.6 Å². The van der Waals surface area contributed by atoms with Crippen LogP contribution in [-0.4, -0.2) is 57.2 Å². The fraction of sp³-hybridized carbons (Fsp3) is 0.545. The highest BCUT2D eigenvalue weighted by atomic mass is 19.1. The van der Waals surface area contributed by atoms with Crippen molar-refractivity contribution in [3.63, 3.8) is 0 Å². The van der Waals surface area contributed by atoms with Crippen LogP contribution in [0.25, 0.3) is 0 Å². The average molecular weight is 382 g/mol. The van der Waals surface area contributed by atoms with Gasteiger partial charge >= 0.3 is 0 Å². The zero-order valence-corrected chi connectivity index (χ0v) is 16.3. The number of carbonyl (C=O) groups is 1. The standard InChI is InChI=1S/C22H27FN4O/c1-15-6-10-24-27(15)13-9-20(28)26-14-19(16-2-4-18(23)5-3-16)22-21(26)17-7-11-25(22)12-8-17/h2-6,10,17,19,21-22H,7-9,11-14H2,1H3/t19-,21+,22+/m1/s1. The Kier molecular flexibility index (Phi) is 4.46. The molecule has 1 aromatic heterocycles. The Balaban J connectivity index is 1.39. The summed E-state index contributed by atoms with van der Waals surface area (Å²) >= 11 is 0. The number of hydrogen-bond donors (Lipinski definition) is 0. The summed E-state index contributed by atoms with van der Waals surface area (Å²) in [6, 6.07) is 9.53. The van der Waals surface area contributed by atoms with E-state index in [9.17, 15) is 9.18 Å². The third-order valence-corrected chi connectivity index (χ3v) is 7.08. The molecule has 0 unspecified atom stereocenters. The third kappa shape index (κ3) is 2.94. The molecular formula is C22H27FN4O. The van der Waals surface area contributed by atoms with Crippen molar-refractivity contribution in [3.8, 4) is 0 Å². The van der Waals surface area contributed by atoms with Crippen molar-refractivity contribution in [1.82, 2.24) is 19.6 Å². The Morgan fingerprint density at radius 3 is 2.57 bits per heavy atom. The second-order valence-electron chi connectivity index (χ2n) is 8.50. The van der Waals surface area contributed by atoms with Gasteiger partial charge in [-0.05, 0) is 62.5 Å². The molecule has 2 aromatic rings. The number of fused-ring (bicyclic) bond motifs is 2. The molecule has 4 saturated heterocycles. The first-order chi connectivity index (χ1) is 13.6. The lowest BCUT2D eigenvalue weighted by Gasteiger charge is -2.51. The van der Waals surface area contributed by atoms with E-state index in [1.807, 2.05) is 29.8 Å². The van der Waals surface area contributed by atoms with E-state index in [0.717, 1.165) is 30.9 Å². The topological polar surface area (TPSA) is 41.4 Å². The van der Waals surface area contributed by atoms with Crippen molar-refractivity contribution in [2.75, 3.05) is 19.6 Å². The summed E-state index contributed by atoms with van der Waals surface area (Å²) in [6.07, 6.45) is 4.62. The van der Waals surface area contributed by atoms with Crippen molar-refractivity contribution < 1.29 is 9.18 Å². The first-order valence-electron chi connectivity index (χ1n) is 10.4. The summed E-state index contributed by atoms with van der Waals surface area (Å²) in [5.74, 6) is 0.884. The Morgan fingerprint density at radius 2 is 1.89 bits per heavy atom. The Bertz CT molecular complexity index is 856. The molecule has 148 valence electrons. The highest BCUT2D eigenvalue weighted by Gasteiger charge is 2.54. The largest absolute Gasteiger partial charge is 0.337 e. The minimum Gasteiger partial charge on any atom is -0.337 e. The molecule has 3 atom stereocenters. The number of nitrogens with zero attached hydrogens (tertiary/aromatic N) is 4. The highest BCUT2D eigenvalue weighted by Crippen LogP contribution is 2.46. The smallest absolute Gasteiger partial charge is 0.224 e. The molecule has 1 aromatic carbocycles. The molecule has 0 spiro atoms. The van der Waals surface area contributed by atoms with Gasteiger partial charge in [0, 0.05) is 43.4 Å². The lowest BCUT2D eigenvalue weighted by atomic mass is 9.75. The monoisotopic (exact) mass is 382 g/mol. The van der Waals surface area contributed by atoms with Crippen LogP contribution >= 0.6 is 0 Å². The number of aryl methyl sites for hydroxylation is 2. The fourth-order valence-electron chi connectivity index (χ4n) is 5.69. The molecule has 6 heteroatoms. The van der Waals surface area contributed by atoms with Gasteiger partial charge in [0.1, 0.15) is 5.82 Å². The molecule has 28 heavy (non-hydrogen) atoms. The van der Waals surface area contributed by atoms with E-state index >= 15 is 0 Å². The minimum atomic E-state index is -0.203. The van der Waals surface area contributed by atoms with Crippen molar-refractivity contribution in [2.45, 2.75) is 50.7 Å². The van der Waals surface area contributed by atoms with E-state index in [2.05, 4.69) is 14.9 Å². The zero-order valence-electron chi connectivity index (χ0n) is 16.3. The number of benzene rings is 1. The second kappa shape index (κ2) is 6.99. The van der Waals surface area contributed by atoms with Crippen LogP contribution in [0.1, 0.15) is 36.4 Å². The van der Waals surface area contributed by atoms with E-state index in [-0.39, 0.29) is 17.6 Å². The predicted molar refractivity (Wildman–Crippen MR) is 104 cm³/mol. The van der Waals surface area contributed by atoms with Crippen LogP contribution in [-0.2, 0) is 11.3 Å². The molecule has 6 rings (SSSR count). The van der Waals surface area contributed by atoms with Crippen molar-refractivity contribution >= 4 is 5.91 Å². The van der Waals surface area contributed by atoms with Crippen molar-refractivity contribution in [2.24, 2.45) is 5.92 Å². The lowest BCUT2D eigenvalue weighted by molar-refractivity contribution is -0.136. The average Bonchev–Trinajstić information content (AvgIpc) is 3.33. The minimum absolute atomic E-state index is 0.203. The fourth-order valence-corrected chi connectivity index (χ4v) is 5.69. The summed E-state index contributed by atoms with van der Waals surface area (Å²) in [5, 5.41) is 4.31. The predicted octanol–water partition coefficient (Wildman–Crippen LogP) is 2.81. The molecule has 4 fully saturated rings. The molecule has 1 amide bonds. The molecule has 0 saturated carbocycles. The number of likely N-dealkylation sites (tertiary alicyclic amines) is 1. The number of rotatable bonds is 4. The molecule has 0 N–H and O–H groups in total. The number of aromatic nitrogens is 2. The van der Waals surface area contributed by atoms with Gasteiger partial charge in [0.2, 0.25) is 5.91 Å². The summed E-state index contributed by atoms with van der Waals surface area (Å²) in [5.41, 5.74) is 2.24. The van der Waals surface area contributed by atoms with Gasteiger partial charge in [0.25, 0.3) is 0 Å². The van der Waals surface area contributed by atoms with Crippen LogP contribution in [0.15, 0.2) is 36.5 Å². The SMILES string of the molecule is Cc1ccnn1CCC(=O)N1C[C@H](c2ccc(F)cc2)[C@H]2[C@@H]1C1CCN2CC1. The Labute approximate surface area is 165 Å². The van der Waals surface area contributed by atoms with E-state index < -0.39 is 0 Å². The van der Waals surface area contributed by atoms with E-state index in [0.29, 0.717) is 31.0 Å². The van der Waals surface area contributed by atoms with Gasteiger partial charge in [0.15, 0.2) is 0 Å². The number of halogens is 1. The van der Waals surface area contributed by atoms with Gasteiger partial charge in [0.05, 0.1) is 6.04 Å². The maximum Gasteiger partial charge on any atom is 0.224 e. The maximum absolute atomic E-state index is 13.4. The molecule has 2 bridgehead atoms. The first-order valence-corrected chi connectivity index (χ1v) is 10.4. The maximum atomic E-state index is 13.4. The van der Waals surface area contributed by atoms with Crippen LogP contribution in [0.4, 0.5) is 4.39 Å². The quantitative estimate of drug-likeness (QED) is 0.817. The van der Waals surface area contributed by atoms with E-state index in [1.54, 1.807) is 18.3 Å². The van der Waals surface area contributed by atoms with Crippen LogP contribution in [0.2, 0.25) is 0 Å². The third-order valence-electron chi connectivity index (χ3n) is 7.08. The summed E-state index contributed by atoms with van der Waals surface area (Å²) in [7, 11) is 0. The summed E-state index contributed by atoms with van der Waals surface area (Å²) in [4.78, 5) is 17.9. The van der Waals surface area contributed by atoms with Crippen LogP contribution < -0.4 is 0 Å². The molecule has 5 nitrogen and oxygen atoms in total. The van der Waals surface area contributed by atoms with Gasteiger partial charge in [-0.2, -0.15) is 5.10 Å². The molecule has 0 aliphatic carbocycles. The van der Waals surface area contributed by atoms with Gasteiger partial charge < -0.3 is 4.90 Å². The lowest BCUT2D eigenvalue weighted by Crippen LogP contribution is -2.60. The zero-order chi connectivity index (χ0) is 19.3. The van der Waals surface area contributed by atoms with E-state index in [1.165, 1.54) is 12.8 Å². The van der Waals surface area contributed by atoms with Gasteiger partial charge in [-0.25, -0.2) is 4.39 Å². The van der Waals surface area contributed by atoms with Gasteiger partial charge in [-0.3, -0.25) is 14.4 Å². The molecule has 4 aliphatic rings. The van der Waals surface area contributed by atoms with Crippen LogP contribution in [0, 0.1) is 18.7 Å². The van der Waals surface area contributed by atoms with Gasteiger partial charge in [-0.1, -0.05) is 12.1 Å². The first kappa shape index (κ1) is 17.9. The molecule has 5 heterocycles. The van der Waals surface area contributed by atoms with Gasteiger partial charge in [-0.15, -0.1) is 0 Å². The summed E-state index contributed by atoms with van der Waals surface area (Å²) in [6.45, 7) is 5.63. The Hall–Kier alpha value is -2.21. The second-order valence-corrected chi connectivity index (χ2v) is 8.50. The molecule has 0 radical (unpaired) electrons. The molecule has 4 aliphatic heterocycles. The highest BCUT2D eigenvalue weighted by molar-refractivity contribution is 5.77. The Morgan fingerprint density at radius 1 is 1.14 bits per heavy atom. The number of carbonyl (C=O) groups excluding carboxylic acids is 1. The van der Waals surface area contributed by atoms with Crippen molar-refractivity contribution in [1.29, 1.82) is 0 Å². The number of amides is 1. The van der Waals surface area contributed by atoms with Crippen LogP contribution in [0.3, 0.4) is 0 Å². The molecular weight excluding hydrogens is 355 g/mol. The number of piperidine rings is 3. The van der Waals surface area contributed by atoms with E-state index in [4.69, 9.17) is 0 Å². The normalized spacial score (nSPS) is 31.2. The number of hydrogen-bond acceptors (Lipinski definition) is 3. The summed E-state index contributed by atoms with van der Waals surface area (Å²) < 4.78 is 15.3.